The molecule has 1 unspecified atom stereocenters. The maximum Gasteiger partial charge on any atom is 0.189 e. The molecule has 0 aromatic heterocycles. The molecule has 0 bridgehead atoms. The van der Waals surface area contributed by atoms with Crippen molar-refractivity contribution in [1.29, 1.82) is 0 Å². The third kappa shape index (κ3) is 1.53. The predicted molar refractivity (Wildman–Crippen MR) is 57.0 cm³/mol. The summed E-state index contributed by atoms with van der Waals surface area (Å²) in [6.45, 7) is 0. The number of fused-ring (bicyclic) bond motifs is 1. The number of rotatable bonds is 1. The molecule has 4 heteroatoms. The van der Waals surface area contributed by atoms with Crippen LogP contribution >= 0.6 is 0 Å². The van der Waals surface area contributed by atoms with Crippen LogP contribution in [0.15, 0.2) is 30.2 Å². The van der Waals surface area contributed by atoms with E-state index in [0.29, 0.717) is 0 Å². The van der Waals surface area contributed by atoms with Crippen molar-refractivity contribution in [1.82, 2.24) is 0 Å². The number of aliphatic hydroxyl groups excluding tert-OH is 1. The molecule has 0 fully saturated rings. The number of methoxy groups -OCH3 is 1. The van der Waals surface area contributed by atoms with E-state index in [4.69, 9.17) is 4.74 Å². The average molecular weight is 207 g/mol. The second-order valence-corrected chi connectivity index (χ2v) is 3.48. The molecular formula is C11H13NO3. The lowest BCUT2D eigenvalue weighted by atomic mass is 10.0. The summed E-state index contributed by atoms with van der Waals surface area (Å²) in [6, 6.07) is 4.98. The summed E-state index contributed by atoms with van der Waals surface area (Å²) in [5.41, 5.74) is 1.68. The number of anilines is 1. The number of hydrogen-bond donors (Lipinski definition) is 2. The first kappa shape index (κ1) is 9.86. The van der Waals surface area contributed by atoms with Gasteiger partial charge in [-0.05, 0) is 18.2 Å². The number of aromatic hydroxyl groups is 1. The Hall–Kier alpha value is -1.68. The Kier molecular flexibility index (Phi) is 2.28. The fourth-order valence-corrected chi connectivity index (χ4v) is 1.73. The third-order valence-electron chi connectivity index (χ3n) is 2.58. The minimum Gasteiger partial charge on any atom is -0.508 e. The van der Waals surface area contributed by atoms with Crippen LogP contribution in [0.3, 0.4) is 0 Å². The van der Waals surface area contributed by atoms with Gasteiger partial charge in [0.25, 0.3) is 0 Å². The molecule has 1 atom stereocenters. The lowest BCUT2D eigenvalue weighted by Gasteiger charge is -2.29. The van der Waals surface area contributed by atoms with E-state index in [1.54, 1.807) is 43.3 Å². The van der Waals surface area contributed by atoms with Gasteiger partial charge in [0.2, 0.25) is 0 Å². The third-order valence-corrected chi connectivity index (χ3v) is 2.58. The molecule has 1 aliphatic heterocycles. The van der Waals surface area contributed by atoms with Gasteiger partial charge in [-0.25, -0.2) is 0 Å². The zero-order valence-electron chi connectivity index (χ0n) is 8.64. The number of phenolic OH excluding ortho intramolecular Hbond substituents is 1. The predicted octanol–water partition coefficient (Wildman–Crippen LogP) is 1.93. The molecule has 1 aliphatic rings. The van der Waals surface area contributed by atoms with Crippen molar-refractivity contribution in [3.63, 3.8) is 0 Å². The van der Waals surface area contributed by atoms with Crippen LogP contribution in [0.2, 0.25) is 0 Å². The topological polar surface area (TPSA) is 52.9 Å². The highest BCUT2D eigenvalue weighted by Crippen LogP contribution is 2.37. The number of ether oxygens (including phenoxy) is 1. The summed E-state index contributed by atoms with van der Waals surface area (Å²) in [4.78, 5) is 1.64. The molecule has 1 heterocycles. The van der Waals surface area contributed by atoms with E-state index in [9.17, 15) is 10.2 Å². The number of phenols is 1. The summed E-state index contributed by atoms with van der Waals surface area (Å²) in [6.07, 6.45) is 1.28. The summed E-state index contributed by atoms with van der Waals surface area (Å²) in [7, 11) is 3.32. The van der Waals surface area contributed by atoms with Gasteiger partial charge in [-0.1, -0.05) is 0 Å². The molecule has 0 aliphatic carbocycles. The lowest BCUT2D eigenvalue weighted by Crippen LogP contribution is -2.23. The molecule has 0 saturated heterocycles. The first-order valence-electron chi connectivity index (χ1n) is 4.63. The van der Waals surface area contributed by atoms with Crippen LogP contribution in [-0.4, -0.2) is 24.4 Å². The molecule has 1 aromatic rings. The molecule has 0 radical (unpaired) electrons. The van der Waals surface area contributed by atoms with E-state index in [0.717, 1.165) is 11.3 Å². The van der Waals surface area contributed by atoms with Gasteiger partial charge in [-0.15, -0.1) is 0 Å². The van der Waals surface area contributed by atoms with Gasteiger partial charge in [0, 0.05) is 31.5 Å². The van der Waals surface area contributed by atoms with E-state index in [1.807, 2.05) is 0 Å². The minimum atomic E-state index is -0.316. The number of aliphatic hydroxyl groups is 1. The summed E-state index contributed by atoms with van der Waals surface area (Å²) >= 11 is 0. The molecule has 2 rings (SSSR count). The second kappa shape index (κ2) is 3.47. The van der Waals surface area contributed by atoms with Crippen molar-refractivity contribution < 1.29 is 14.9 Å². The van der Waals surface area contributed by atoms with Crippen molar-refractivity contribution in [2.24, 2.45) is 0 Å². The highest BCUT2D eigenvalue weighted by molar-refractivity contribution is 5.62. The molecule has 15 heavy (non-hydrogen) atoms. The average Bonchev–Trinajstić information content (AvgIpc) is 2.23. The normalized spacial score (nSPS) is 19.7. The van der Waals surface area contributed by atoms with Gasteiger partial charge in [0.15, 0.2) is 5.88 Å². The van der Waals surface area contributed by atoms with Crippen LogP contribution in [0, 0.1) is 0 Å². The van der Waals surface area contributed by atoms with Gasteiger partial charge in [0.1, 0.15) is 11.9 Å². The maximum atomic E-state index is 9.64. The standard InChI is InChI=1S/C11H13NO3/c1-12-9-4-3-7(13)5-8(9)10(15-2)6-11(12)14/h3-6,10,13-14H,1-2H3. The monoisotopic (exact) mass is 207 g/mol. The van der Waals surface area contributed by atoms with Gasteiger partial charge in [0.05, 0.1) is 0 Å². The van der Waals surface area contributed by atoms with E-state index >= 15 is 0 Å². The van der Waals surface area contributed by atoms with Crippen molar-refractivity contribution in [2.45, 2.75) is 6.10 Å². The van der Waals surface area contributed by atoms with Gasteiger partial charge >= 0.3 is 0 Å². The van der Waals surface area contributed by atoms with Crippen molar-refractivity contribution in [3.8, 4) is 5.75 Å². The lowest BCUT2D eigenvalue weighted by molar-refractivity contribution is 0.136. The van der Waals surface area contributed by atoms with Crippen LogP contribution in [-0.2, 0) is 4.74 Å². The highest BCUT2D eigenvalue weighted by Gasteiger charge is 2.23. The Labute approximate surface area is 88.0 Å². The first-order chi connectivity index (χ1) is 7.13. The number of benzene rings is 1. The fraction of sp³-hybridized carbons (Fsp3) is 0.273. The van der Waals surface area contributed by atoms with Crippen LogP contribution in [0.5, 0.6) is 5.75 Å². The van der Waals surface area contributed by atoms with Crippen LogP contribution in [0.25, 0.3) is 0 Å². The van der Waals surface area contributed by atoms with E-state index in [-0.39, 0.29) is 17.7 Å². The zero-order chi connectivity index (χ0) is 11.0. The van der Waals surface area contributed by atoms with Crippen LogP contribution in [0.1, 0.15) is 11.7 Å². The second-order valence-electron chi connectivity index (χ2n) is 3.48. The summed E-state index contributed by atoms with van der Waals surface area (Å²) in [5.74, 6) is 0.346. The molecule has 1 aromatic carbocycles. The molecule has 80 valence electrons. The Morgan fingerprint density at radius 3 is 2.73 bits per heavy atom. The molecule has 4 nitrogen and oxygen atoms in total. The van der Waals surface area contributed by atoms with Gasteiger partial charge in [-0.2, -0.15) is 0 Å². The number of hydrogen-bond acceptors (Lipinski definition) is 4. The summed E-state index contributed by atoms with van der Waals surface area (Å²) < 4.78 is 5.22. The van der Waals surface area contributed by atoms with Crippen LogP contribution in [0.4, 0.5) is 5.69 Å². The largest absolute Gasteiger partial charge is 0.508 e. The minimum absolute atomic E-state index is 0.153. The first-order valence-corrected chi connectivity index (χ1v) is 4.63. The van der Waals surface area contributed by atoms with Gasteiger partial charge < -0.3 is 19.8 Å². The van der Waals surface area contributed by atoms with Gasteiger partial charge in [-0.3, -0.25) is 0 Å². The zero-order valence-corrected chi connectivity index (χ0v) is 8.64. The van der Waals surface area contributed by atoms with Crippen molar-refractivity contribution in [2.75, 3.05) is 19.1 Å². The molecular weight excluding hydrogens is 194 g/mol. The molecule has 0 spiro atoms. The SMILES string of the molecule is COC1C=C(O)N(C)c2ccc(O)cc21. The van der Waals surface area contributed by atoms with E-state index in [2.05, 4.69) is 0 Å². The quantitative estimate of drug-likeness (QED) is 0.738. The van der Waals surface area contributed by atoms with Crippen molar-refractivity contribution >= 4 is 5.69 Å². The Morgan fingerprint density at radius 1 is 1.33 bits per heavy atom. The smallest absolute Gasteiger partial charge is 0.189 e. The van der Waals surface area contributed by atoms with Crippen molar-refractivity contribution in [3.05, 3.63) is 35.7 Å². The Morgan fingerprint density at radius 2 is 2.07 bits per heavy atom. The Balaban J connectivity index is 2.55. The van der Waals surface area contributed by atoms with Crippen LogP contribution < -0.4 is 4.90 Å². The van der Waals surface area contributed by atoms with E-state index < -0.39 is 0 Å². The molecule has 2 N–H and O–H groups in total. The molecule has 0 amide bonds. The molecule has 0 saturated carbocycles. The fourth-order valence-electron chi connectivity index (χ4n) is 1.73. The van der Waals surface area contributed by atoms with E-state index in [1.165, 1.54) is 0 Å². The maximum absolute atomic E-state index is 9.64. The summed E-state index contributed by atoms with van der Waals surface area (Å²) in [5, 5.41) is 19.0. The highest BCUT2D eigenvalue weighted by atomic mass is 16.5. The Bertz CT molecular complexity index is 414. The number of nitrogens with zero attached hydrogens (tertiary/aromatic N) is 1.